The highest BCUT2D eigenvalue weighted by molar-refractivity contribution is 6.30. The Morgan fingerprint density at radius 3 is 2.52 bits per heavy atom. The van der Waals surface area contributed by atoms with Crippen molar-refractivity contribution >= 4 is 23.2 Å². The number of anilines is 1. The van der Waals surface area contributed by atoms with Crippen molar-refractivity contribution in [3.05, 3.63) is 64.7 Å². The van der Waals surface area contributed by atoms with Crippen LogP contribution in [0.4, 0.5) is 5.69 Å². The zero-order valence-electron chi connectivity index (χ0n) is 14.1. The molecule has 0 bridgehead atoms. The van der Waals surface area contributed by atoms with Gasteiger partial charge in [-0.1, -0.05) is 41.9 Å². The van der Waals surface area contributed by atoms with E-state index in [1.54, 1.807) is 0 Å². The van der Waals surface area contributed by atoms with Gasteiger partial charge in [-0.05, 0) is 35.7 Å². The molecule has 1 N–H and O–H groups in total. The summed E-state index contributed by atoms with van der Waals surface area (Å²) in [7, 11) is 0. The zero-order chi connectivity index (χ0) is 17.2. The quantitative estimate of drug-likeness (QED) is 0.899. The van der Waals surface area contributed by atoms with Gasteiger partial charge < -0.3 is 15.1 Å². The number of amides is 1. The molecule has 0 aliphatic carbocycles. The van der Waals surface area contributed by atoms with E-state index in [-0.39, 0.29) is 11.9 Å². The third-order valence-corrected chi connectivity index (χ3v) is 5.38. The summed E-state index contributed by atoms with van der Waals surface area (Å²) in [6, 6.07) is 16.2. The number of hydrogen-bond acceptors (Lipinski definition) is 3. The van der Waals surface area contributed by atoms with Crippen molar-refractivity contribution in [3.8, 4) is 0 Å². The first-order chi connectivity index (χ1) is 12.2. The fourth-order valence-corrected chi connectivity index (χ4v) is 3.89. The van der Waals surface area contributed by atoms with Crippen molar-refractivity contribution in [2.24, 2.45) is 0 Å². The van der Waals surface area contributed by atoms with Gasteiger partial charge in [-0.15, -0.1) is 0 Å². The van der Waals surface area contributed by atoms with Crippen LogP contribution in [-0.4, -0.2) is 43.0 Å². The lowest BCUT2D eigenvalue weighted by molar-refractivity contribution is -0.134. The third kappa shape index (κ3) is 3.51. The molecule has 130 valence electrons. The molecule has 1 fully saturated rings. The van der Waals surface area contributed by atoms with Crippen LogP contribution >= 0.6 is 11.6 Å². The first-order valence-corrected chi connectivity index (χ1v) is 9.18. The minimum atomic E-state index is -0.104. The lowest BCUT2D eigenvalue weighted by Crippen LogP contribution is -2.55. The molecule has 4 nitrogen and oxygen atoms in total. The number of nitrogens with one attached hydrogen (secondary N) is 1. The van der Waals surface area contributed by atoms with E-state index in [1.807, 2.05) is 23.1 Å². The van der Waals surface area contributed by atoms with Crippen LogP contribution in [0.15, 0.2) is 48.5 Å². The second-order valence-corrected chi connectivity index (χ2v) is 7.13. The van der Waals surface area contributed by atoms with Gasteiger partial charge >= 0.3 is 0 Å². The van der Waals surface area contributed by atoms with E-state index in [4.69, 9.17) is 11.6 Å². The molecule has 1 atom stereocenters. The van der Waals surface area contributed by atoms with Crippen molar-refractivity contribution in [3.63, 3.8) is 0 Å². The molecule has 2 aromatic rings. The molecule has 5 heteroatoms. The molecule has 2 aliphatic heterocycles. The first kappa shape index (κ1) is 16.4. The number of piperazine rings is 1. The largest absolute Gasteiger partial charge is 0.368 e. The number of nitrogens with zero attached hydrogens (tertiary/aromatic N) is 2. The summed E-state index contributed by atoms with van der Waals surface area (Å²) in [4.78, 5) is 17.2. The van der Waals surface area contributed by atoms with Crippen LogP contribution in [0.25, 0.3) is 0 Å². The highest BCUT2D eigenvalue weighted by atomic mass is 35.5. The van der Waals surface area contributed by atoms with Crippen molar-refractivity contribution in [1.82, 2.24) is 10.2 Å². The smallest absolute Gasteiger partial charge is 0.240 e. The Hall–Kier alpha value is -2.04. The van der Waals surface area contributed by atoms with Crippen molar-refractivity contribution in [2.45, 2.75) is 19.0 Å². The molecule has 0 radical (unpaired) electrons. The lowest BCUT2D eigenvalue weighted by Gasteiger charge is -2.38. The third-order valence-electron chi connectivity index (χ3n) is 5.14. The monoisotopic (exact) mass is 355 g/mol. The summed E-state index contributed by atoms with van der Waals surface area (Å²) >= 11 is 6.09. The van der Waals surface area contributed by atoms with Crippen LogP contribution in [0, 0.1) is 0 Å². The summed E-state index contributed by atoms with van der Waals surface area (Å²) in [5.41, 5.74) is 3.72. The number of halogens is 1. The standard InChI is InChI=1S/C20H22ClN3O/c21-17-6-3-7-18(13-17)23-8-10-24(11-9-23)20(25)19-12-15-4-1-2-5-16(15)14-22-19/h1-7,13,19,22H,8-12,14H2. The maximum absolute atomic E-state index is 12.9. The number of carbonyl (C=O) groups excluding carboxylic acids is 1. The predicted molar refractivity (Wildman–Crippen MR) is 101 cm³/mol. The Balaban J connectivity index is 1.37. The zero-order valence-corrected chi connectivity index (χ0v) is 14.9. The average molecular weight is 356 g/mol. The van der Waals surface area contributed by atoms with Gasteiger partial charge in [-0.25, -0.2) is 0 Å². The second kappa shape index (κ2) is 7.06. The number of benzene rings is 2. The van der Waals surface area contributed by atoms with Gasteiger partial charge in [0, 0.05) is 43.4 Å². The predicted octanol–water partition coefficient (Wildman–Crippen LogP) is 2.70. The van der Waals surface area contributed by atoms with Crippen LogP contribution in [-0.2, 0) is 17.8 Å². The van der Waals surface area contributed by atoms with E-state index in [9.17, 15) is 4.79 Å². The fraction of sp³-hybridized carbons (Fsp3) is 0.350. The van der Waals surface area contributed by atoms with Crippen molar-refractivity contribution in [1.29, 1.82) is 0 Å². The minimum Gasteiger partial charge on any atom is -0.368 e. The molecular weight excluding hydrogens is 334 g/mol. The molecular formula is C20H22ClN3O. The summed E-state index contributed by atoms with van der Waals surface area (Å²) in [5.74, 6) is 0.222. The van der Waals surface area contributed by atoms with E-state index in [0.717, 1.165) is 49.9 Å². The van der Waals surface area contributed by atoms with E-state index in [0.29, 0.717) is 0 Å². The molecule has 4 rings (SSSR count). The molecule has 1 amide bonds. The summed E-state index contributed by atoms with van der Waals surface area (Å²) in [5, 5.41) is 4.15. The van der Waals surface area contributed by atoms with Gasteiger partial charge in [0.1, 0.15) is 0 Å². The maximum atomic E-state index is 12.9. The molecule has 0 aromatic heterocycles. The highest BCUT2D eigenvalue weighted by Gasteiger charge is 2.30. The topological polar surface area (TPSA) is 35.6 Å². The molecule has 2 heterocycles. The van der Waals surface area contributed by atoms with E-state index in [1.165, 1.54) is 11.1 Å². The number of hydrogen-bond donors (Lipinski definition) is 1. The Kier molecular flexibility index (Phi) is 4.64. The Labute approximate surface area is 153 Å². The van der Waals surface area contributed by atoms with Crippen LogP contribution in [0.3, 0.4) is 0 Å². The van der Waals surface area contributed by atoms with Crippen LogP contribution in [0.2, 0.25) is 5.02 Å². The average Bonchev–Trinajstić information content (AvgIpc) is 2.67. The van der Waals surface area contributed by atoms with Gasteiger partial charge in [0.15, 0.2) is 0 Å². The normalized spacial score (nSPS) is 20.3. The van der Waals surface area contributed by atoms with E-state index < -0.39 is 0 Å². The highest BCUT2D eigenvalue weighted by Crippen LogP contribution is 2.22. The van der Waals surface area contributed by atoms with Crippen LogP contribution < -0.4 is 10.2 Å². The van der Waals surface area contributed by atoms with Gasteiger partial charge in [0.2, 0.25) is 5.91 Å². The molecule has 25 heavy (non-hydrogen) atoms. The van der Waals surface area contributed by atoms with Crippen LogP contribution in [0.1, 0.15) is 11.1 Å². The Morgan fingerprint density at radius 1 is 1.00 bits per heavy atom. The molecule has 1 saturated heterocycles. The maximum Gasteiger partial charge on any atom is 0.240 e. The molecule has 2 aliphatic rings. The van der Waals surface area contributed by atoms with E-state index >= 15 is 0 Å². The summed E-state index contributed by atoms with van der Waals surface area (Å²) < 4.78 is 0. The van der Waals surface area contributed by atoms with Crippen molar-refractivity contribution < 1.29 is 4.79 Å². The number of fused-ring (bicyclic) bond motifs is 1. The molecule has 2 aromatic carbocycles. The first-order valence-electron chi connectivity index (χ1n) is 8.80. The summed E-state index contributed by atoms with van der Waals surface area (Å²) in [6.45, 7) is 3.97. The number of rotatable bonds is 2. The Bertz CT molecular complexity index is 771. The minimum absolute atomic E-state index is 0.104. The van der Waals surface area contributed by atoms with Gasteiger partial charge in [0.05, 0.1) is 6.04 Å². The lowest BCUT2D eigenvalue weighted by atomic mass is 9.95. The van der Waals surface area contributed by atoms with Crippen LogP contribution in [0.5, 0.6) is 0 Å². The SMILES string of the molecule is O=C(C1Cc2ccccc2CN1)N1CCN(c2cccc(Cl)c2)CC1. The molecule has 1 unspecified atom stereocenters. The molecule has 0 saturated carbocycles. The van der Waals surface area contributed by atoms with Gasteiger partial charge in [-0.2, -0.15) is 0 Å². The molecule has 0 spiro atoms. The second-order valence-electron chi connectivity index (χ2n) is 6.70. The Morgan fingerprint density at radius 2 is 1.76 bits per heavy atom. The fourth-order valence-electron chi connectivity index (χ4n) is 3.71. The van der Waals surface area contributed by atoms with E-state index in [2.05, 4.69) is 40.5 Å². The number of carbonyl (C=O) groups is 1. The van der Waals surface area contributed by atoms with Gasteiger partial charge in [-0.3, -0.25) is 4.79 Å². The van der Waals surface area contributed by atoms with Gasteiger partial charge in [0.25, 0.3) is 0 Å². The summed E-state index contributed by atoms with van der Waals surface area (Å²) in [6.07, 6.45) is 0.781. The van der Waals surface area contributed by atoms with Crippen molar-refractivity contribution in [2.75, 3.05) is 31.1 Å².